The minimum atomic E-state index is -1.10. The van der Waals surface area contributed by atoms with Gasteiger partial charge in [-0.15, -0.1) is 0 Å². The van der Waals surface area contributed by atoms with Gasteiger partial charge in [0, 0.05) is 19.2 Å². The fraction of sp³-hybridized carbons (Fsp3) is 0.526. The molecule has 0 fully saturated rings. The number of amides is 2. The average molecular weight is 362 g/mol. The van der Waals surface area contributed by atoms with Crippen molar-refractivity contribution in [2.24, 2.45) is 5.92 Å². The van der Waals surface area contributed by atoms with Crippen molar-refractivity contribution in [3.05, 3.63) is 35.4 Å². The zero-order valence-corrected chi connectivity index (χ0v) is 15.6. The van der Waals surface area contributed by atoms with Gasteiger partial charge in [-0.3, -0.25) is 14.4 Å². The number of aliphatic carboxylic acids is 1. The van der Waals surface area contributed by atoms with Crippen LogP contribution in [-0.4, -0.2) is 65.0 Å². The Hall–Kier alpha value is -2.41. The highest BCUT2D eigenvalue weighted by molar-refractivity contribution is 6.01. The van der Waals surface area contributed by atoms with Crippen LogP contribution in [0.15, 0.2) is 24.3 Å². The van der Waals surface area contributed by atoms with Crippen LogP contribution < -0.4 is 0 Å². The Bertz CT molecular complexity index is 688. The summed E-state index contributed by atoms with van der Waals surface area (Å²) in [5.74, 6) is -1.82. The normalized spacial score (nSPS) is 15.7. The molecule has 7 nitrogen and oxygen atoms in total. The van der Waals surface area contributed by atoms with Crippen LogP contribution in [0.3, 0.4) is 0 Å². The Balaban J connectivity index is 2.32. The van der Waals surface area contributed by atoms with Gasteiger partial charge in [0.05, 0.1) is 12.6 Å². The number of hydrogen-bond donors (Lipinski definition) is 1. The summed E-state index contributed by atoms with van der Waals surface area (Å²) in [6.07, 6.45) is 0. The van der Waals surface area contributed by atoms with Crippen LogP contribution >= 0.6 is 0 Å². The van der Waals surface area contributed by atoms with Crippen molar-refractivity contribution in [3.63, 3.8) is 0 Å². The molecule has 1 aliphatic heterocycles. The van der Waals surface area contributed by atoms with E-state index in [1.165, 1.54) is 12.0 Å². The molecule has 0 bridgehead atoms. The van der Waals surface area contributed by atoms with Crippen molar-refractivity contribution in [2.45, 2.75) is 39.4 Å². The number of benzene rings is 1. The third-order valence-electron chi connectivity index (χ3n) is 4.60. The molecular weight excluding hydrogens is 336 g/mol. The molecule has 1 N–H and O–H groups in total. The lowest BCUT2D eigenvalue weighted by Crippen LogP contribution is -2.55. The number of carboxylic acid groups (broad SMARTS) is 1. The minimum Gasteiger partial charge on any atom is -0.480 e. The lowest BCUT2D eigenvalue weighted by Gasteiger charge is -2.36. The maximum absolute atomic E-state index is 13.2. The molecule has 1 heterocycles. The van der Waals surface area contributed by atoms with Gasteiger partial charge in [0.2, 0.25) is 5.91 Å². The monoisotopic (exact) mass is 362 g/mol. The molecule has 1 unspecified atom stereocenters. The first-order valence-electron chi connectivity index (χ1n) is 8.68. The number of carbonyl (C=O) groups excluding carboxylic acids is 2. The number of carboxylic acids is 1. The largest absolute Gasteiger partial charge is 0.480 e. The van der Waals surface area contributed by atoms with Gasteiger partial charge in [-0.1, -0.05) is 32.0 Å². The number of carbonyl (C=O) groups is 3. The van der Waals surface area contributed by atoms with Gasteiger partial charge in [-0.25, -0.2) is 0 Å². The number of fused-ring (bicyclic) bond motifs is 1. The fourth-order valence-corrected chi connectivity index (χ4v) is 3.38. The van der Waals surface area contributed by atoms with E-state index in [1.807, 2.05) is 26.0 Å². The Morgan fingerprint density at radius 1 is 1.27 bits per heavy atom. The lowest BCUT2D eigenvalue weighted by atomic mass is 10.00. The molecule has 1 aromatic rings. The second kappa shape index (κ2) is 8.31. The second-order valence-electron chi connectivity index (χ2n) is 6.94. The summed E-state index contributed by atoms with van der Waals surface area (Å²) < 4.78 is 5.09. The van der Waals surface area contributed by atoms with E-state index in [4.69, 9.17) is 4.74 Å². The van der Waals surface area contributed by atoms with Crippen molar-refractivity contribution < 1.29 is 24.2 Å². The topological polar surface area (TPSA) is 87.2 Å². The van der Waals surface area contributed by atoms with Gasteiger partial charge in [-0.2, -0.15) is 0 Å². The summed E-state index contributed by atoms with van der Waals surface area (Å²) >= 11 is 0. The van der Waals surface area contributed by atoms with Gasteiger partial charge in [-0.05, 0) is 24.5 Å². The first-order chi connectivity index (χ1) is 12.3. The third kappa shape index (κ3) is 4.04. The summed E-state index contributed by atoms with van der Waals surface area (Å²) in [5, 5.41) is 9.21. The van der Waals surface area contributed by atoms with E-state index in [-0.39, 0.29) is 24.3 Å². The predicted molar refractivity (Wildman–Crippen MR) is 95.6 cm³/mol. The van der Waals surface area contributed by atoms with Crippen LogP contribution in [0.5, 0.6) is 0 Å². The van der Waals surface area contributed by atoms with Crippen LogP contribution in [0.1, 0.15) is 36.7 Å². The first-order valence-corrected chi connectivity index (χ1v) is 8.68. The highest BCUT2D eigenvalue weighted by Crippen LogP contribution is 2.28. The van der Waals surface area contributed by atoms with Gasteiger partial charge in [0.25, 0.3) is 5.91 Å². The second-order valence-corrected chi connectivity index (χ2v) is 6.94. The standard InChI is InChI=1S/C19H26N2O5/c1-12(2)17(19(25)20(10-16(22)23)13(3)11-26-4)21-9-14-7-5-6-8-15(14)18(21)24/h5-8,12-13,17H,9-11H2,1-4H3,(H,22,23)/t13?,17-/m1/s1. The molecule has 1 aliphatic rings. The molecule has 2 rings (SSSR count). The number of rotatable bonds is 8. The van der Waals surface area contributed by atoms with Crippen LogP contribution in [0.2, 0.25) is 0 Å². The van der Waals surface area contributed by atoms with Gasteiger partial charge in [0.1, 0.15) is 12.6 Å². The number of nitrogens with zero attached hydrogens (tertiary/aromatic N) is 2. The number of hydrogen-bond acceptors (Lipinski definition) is 4. The van der Waals surface area contributed by atoms with Gasteiger partial charge >= 0.3 is 5.97 Å². The summed E-state index contributed by atoms with van der Waals surface area (Å²) in [6.45, 7) is 5.60. The van der Waals surface area contributed by atoms with Crippen LogP contribution in [0.4, 0.5) is 0 Å². The zero-order valence-electron chi connectivity index (χ0n) is 15.6. The SMILES string of the molecule is COCC(C)N(CC(=O)O)C(=O)[C@@H](C(C)C)N1Cc2ccccc2C1=O. The lowest BCUT2D eigenvalue weighted by molar-refractivity contribution is -0.150. The molecule has 1 aromatic carbocycles. The van der Waals surface area contributed by atoms with Gasteiger partial charge in [0.15, 0.2) is 0 Å². The predicted octanol–water partition coefficient (Wildman–Crippen LogP) is 1.62. The Kier molecular flexibility index (Phi) is 6.37. The van der Waals surface area contributed by atoms with E-state index in [0.29, 0.717) is 12.1 Å². The molecule has 2 atom stereocenters. The summed E-state index contributed by atoms with van der Waals surface area (Å²) in [5.41, 5.74) is 1.48. The number of methoxy groups -OCH3 is 1. The maximum Gasteiger partial charge on any atom is 0.323 e. The smallest absolute Gasteiger partial charge is 0.323 e. The van der Waals surface area contributed by atoms with Crippen LogP contribution in [-0.2, 0) is 20.9 Å². The summed E-state index contributed by atoms with van der Waals surface area (Å²) in [6, 6.07) is 6.14. The number of ether oxygens (including phenoxy) is 1. The highest BCUT2D eigenvalue weighted by atomic mass is 16.5. The molecule has 0 radical (unpaired) electrons. The Morgan fingerprint density at radius 2 is 1.92 bits per heavy atom. The van der Waals surface area contributed by atoms with Crippen molar-refractivity contribution >= 4 is 17.8 Å². The van der Waals surface area contributed by atoms with Crippen molar-refractivity contribution in [1.82, 2.24) is 9.80 Å². The van der Waals surface area contributed by atoms with E-state index in [1.54, 1.807) is 24.0 Å². The molecular formula is C19H26N2O5. The van der Waals surface area contributed by atoms with Gasteiger partial charge < -0.3 is 19.6 Å². The Labute approximate surface area is 153 Å². The Morgan fingerprint density at radius 3 is 2.46 bits per heavy atom. The minimum absolute atomic E-state index is 0.160. The zero-order chi connectivity index (χ0) is 19.4. The molecule has 0 aliphatic carbocycles. The molecule has 0 saturated carbocycles. The molecule has 7 heteroatoms. The van der Waals surface area contributed by atoms with Crippen molar-refractivity contribution in [3.8, 4) is 0 Å². The molecule has 0 saturated heterocycles. The van der Waals surface area contributed by atoms with Crippen LogP contribution in [0, 0.1) is 5.92 Å². The quantitative estimate of drug-likeness (QED) is 0.759. The summed E-state index contributed by atoms with van der Waals surface area (Å²) in [4.78, 5) is 40.1. The van der Waals surface area contributed by atoms with Crippen molar-refractivity contribution in [2.75, 3.05) is 20.3 Å². The molecule has 26 heavy (non-hydrogen) atoms. The summed E-state index contributed by atoms with van der Waals surface area (Å²) in [7, 11) is 1.50. The molecule has 142 valence electrons. The van der Waals surface area contributed by atoms with Crippen molar-refractivity contribution in [1.29, 1.82) is 0 Å². The maximum atomic E-state index is 13.2. The first kappa shape index (κ1) is 19.9. The van der Waals surface area contributed by atoms with Crippen LogP contribution in [0.25, 0.3) is 0 Å². The molecule has 2 amide bonds. The highest BCUT2D eigenvalue weighted by Gasteiger charge is 2.41. The van der Waals surface area contributed by atoms with E-state index in [0.717, 1.165) is 5.56 Å². The molecule has 0 spiro atoms. The van der Waals surface area contributed by atoms with E-state index < -0.39 is 24.6 Å². The van der Waals surface area contributed by atoms with E-state index in [2.05, 4.69) is 0 Å². The van der Waals surface area contributed by atoms with E-state index >= 15 is 0 Å². The average Bonchev–Trinajstić information content (AvgIpc) is 2.89. The molecule has 0 aromatic heterocycles. The fourth-order valence-electron chi connectivity index (χ4n) is 3.38. The van der Waals surface area contributed by atoms with E-state index in [9.17, 15) is 19.5 Å². The third-order valence-corrected chi connectivity index (χ3v) is 4.60.